The number of aliphatic hydroxyl groups is 2. The van der Waals surface area contributed by atoms with Crippen molar-refractivity contribution in [1.82, 2.24) is 0 Å². The average molecular weight is 429 g/mol. The minimum atomic E-state index is -4.59. The van der Waals surface area contributed by atoms with Crippen LogP contribution in [0.25, 0.3) is 0 Å². The summed E-state index contributed by atoms with van der Waals surface area (Å²) in [5, 5.41) is 2.89. The summed E-state index contributed by atoms with van der Waals surface area (Å²) in [5.74, 6) is -1.03. The molecule has 0 bridgehead atoms. The molecule has 0 fully saturated rings. The van der Waals surface area contributed by atoms with E-state index in [1.54, 1.807) is 6.07 Å². The van der Waals surface area contributed by atoms with E-state index in [4.69, 9.17) is 9.47 Å². The number of ether oxygens (including phenoxy) is 3. The third-order valence-corrected chi connectivity index (χ3v) is 4.89. The standard InChI is InChI=1S/C20H20F4N2O4/c1-28-16-8-7-11(20(22,23)24)9-15(16)26-14(10-17(27)29-2)12-5-4-6-13(21)18(12)25-19(26)30-3/h4-9,14,19,25H,10H2,1-3H3/p+1. The Morgan fingerprint density at radius 3 is 2.57 bits per heavy atom. The van der Waals surface area contributed by atoms with E-state index in [0.717, 1.165) is 12.1 Å². The minimum Gasteiger partial charge on any atom is -0.495 e. The molecule has 10 heteroatoms. The molecule has 2 aromatic rings. The zero-order valence-corrected chi connectivity index (χ0v) is 16.5. The average Bonchev–Trinajstić information content (AvgIpc) is 2.72. The van der Waals surface area contributed by atoms with E-state index in [2.05, 4.69) is 10.1 Å². The van der Waals surface area contributed by atoms with Crippen LogP contribution in [-0.4, -0.2) is 38.4 Å². The predicted octanol–water partition coefficient (Wildman–Crippen LogP) is 3.83. The van der Waals surface area contributed by atoms with Crippen LogP contribution in [0, 0.1) is 5.82 Å². The highest BCUT2D eigenvalue weighted by atomic mass is 19.4. The Kier molecular flexibility index (Phi) is 6.06. The maximum Gasteiger partial charge on any atom is 0.416 e. The number of benzene rings is 2. The van der Waals surface area contributed by atoms with Gasteiger partial charge in [-0.3, -0.25) is 15.0 Å². The number of fused-ring (bicyclic) bond motifs is 1. The number of rotatable bonds is 5. The molecule has 0 amide bonds. The van der Waals surface area contributed by atoms with Crippen molar-refractivity contribution < 1.29 is 36.6 Å². The summed E-state index contributed by atoms with van der Waals surface area (Å²) in [4.78, 5) is 13.6. The van der Waals surface area contributed by atoms with Gasteiger partial charge in [-0.2, -0.15) is 13.2 Å². The van der Waals surface area contributed by atoms with E-state index in [1.807, 2.05) is 0 Å². The second-order valence-electron chi connectivity index (χ2n) is 6.57. The number of nitrogens with zero attached hydrogens (tertiary/aromatic N) is 1. The van der Waals surface area contributed by atoms with Crippen LogP contribution < -0.4 is 15.0 Å². The maximum atomic E-state index is 14.5. The van der Waals surface area contributed by atoms with Crippen molar-refractivity contribution in [3.63, 3.8) is 0 Å². The van der Waals surface area contributed by atoms with Gasteiger partial charge in [0.2, 0.25) is 0 Å². The highest BCUT2D eigenvalue weighted by molar-refractivity contribution is 5.75. The fourth-order valence-electron chi connectivity index (χ4n) is 3.50. The van der Waals surface area contributed by atoms with Gasteiger partial charge in [0.1, 0.15) is 18.7 Å². The molecule has 3 rings (SSSR count). The lowest BCUT2D eigenvalue weighted by Gasteiger charge is -2.41. The summed E-state index contributed by atoms with van der Waals surface area (Å²) >= 11 is 0. The summed E-state index contributed by atoms with van der Waals surface area (Å²) in [6.45, 7) is 0. The number of halogens is 4. The van der Waals surface area contributed by atoms with Gasteiger partial charge < -0.3 is 14.2 Å². The molecule has 30 heavy (non-hydrogen) atoms. The largest absolute Gasteiger partial charge is 0.495 e. The Labute approximate surface area is 170 Å². The molecule has 2 unspecified atom stereocenters. The molecule has 0 saturated heterocycles. The number of hydrogen-bond donors (Lipinski definition) is 1. The second-order valence-corrected chi connectivity index (χ2v) is 6.57. The number of methoxy groups -OCH3 is 2. The van der Waals surface area contributed by atoms with E-state index in [-0.39, 0.29) is 23.5 Å². The number of carbonyl (C=O) groups is 1. The van der Waals surface area contributed by atoms with Gasteiger partial charge in [0, 0.05) is 5.56 Å². The first kappa shape index (κ1) is 21.7. The SMILES string of the molecule is COC(=O)CC1c2cccc(F)c2NC([OH+]C)N1c1cc(C(F)(F)F)ccc1OC. The Hall–Kier alpha value is -3.01. The van der Waals surface area contributed by atoms with Gasteiger partial charge in [0.15, 0.2) is 0 Å². The molecular weight excluding hydrogens is 408 g/mol. The zero-order valence-electron chi connectivity index (χ0n) is 16.5. The van der Waals surface area contributed by atoms with Crippen LogP contribution in [-0.2, 0) is 15.7 Å². The van der Waals surface area contributed by atoms with Gasteiger partial charge in [0.05, 0.1) is 43.6 Å². The Morgan fingerprint density at radius 2 is 1.97 bits per heavy atom. The van der Waals surface area contributed by atoms with Crippen molar-refractivity contribution >= 4 is 17.3 Å². The van der Waals surface area contributed by atoms with Crippen LogP contribution in [0.3, 0.4) is 0 Å². The molecule has 1 aliphatic heterocycles. The highest BCUT2D eigenvalue weighted by Crippen LogP contribution is 2.45. The molecule has 2 aromatic carbocycles. The van der Waals surface area contributed by atoms with Crippen molar-refractivity contribution in [2.24, 2.45) is 0 Å². The third kappa shape index (κ3) is 4.00. The first-order valence-electron chi connectivity index (χ1n) is 8.95. The van der Waals surface area contributed by atoms with Gasteiger partial charge >= 0.3 is 18.5 Å². The first-order valence-corrected chi connectivity index (χ1v) is 8.95. The van der Waals surface area contributed by atoms with E-state index >= 15 is 0 Å². The predicted molar refractivity (Wildman–Crippen MR) is 102 cm³/mol. The topological polar surface area (TPSA) is 63.6 Å². The van der Waals surface area contributed by atoms with Crippen LogP contribution in [0.4, 0.5) is 28.9 Å². The zero-order chi connectivity index (χ0) is 22.1. The molecule has 0 aromatic heterocycles. The van der Waals surface area contributed by atoms with Crippen molar-refractivity contribution in [2.75, 3.05) is 31.5 Å². The fourth-order valence-corrected chi connectivity index (χ4v) is 3.50. The highest BCUT2D eigenvalue weighted by Gasteiger charge is 2.42. The summed E-state index contributed by atoms with van der Waals surface area (Å²) in [5.41, 5.74) is -0.321. The molecule has 1 heterocycles. The molecule has 1 aliphatic rings. The number of carbonyl (C=O) groups excluding carboxylic acids is 1. The van der Waals surface area contributed by atoms with Gasteiger partial charge in [-0.1, -0.05) is 12.1 Å². The van der Waals surface area contributed by atoms with Crippen molar-refractivity contribution in [1.29, 1.82) is 0 Å². The van der Waals surface area contributed by atoms with Gasteiger partial charge in [-0.05, 0) is 24.3 Å². The Bertz CT molecular complexity index is 936. The molecular formula is C20H21F4N2O4+. The number of anilines is 2. The number of nitrogens with one attached hydrogen (secondary N) is 1. The van der Waals surface area contributed by atoms with Crippen molar-refractivity contribution in [2.45, 2.75) is 25.0 Å². The lowest BCUT2D eigenvalue weighted by atomic mass is 9.96. The smallest absolute Gasteiger partial charge is 0.416 e. The monoisotopic (exact) mass is 429 g/mol. The van der Waals surface area contributed by atoms with Crippen LogP contribution in [0.15, 0.2) is 36.4 Å². The summed E-state index contributed by atoms with van der Waals surface area (Å²) in [7, 11) is 3.96. The van der Waals surface area contributed by atoms with E-state index in [0.29, 0.717) is 5.56 Å². The minimum absolute atomic E-state index is 0.0549. The second kappa shape index (κ2) is 8.39. The molecule has 0 spiro atoms. The maximum absolute atomic E-state index is 14.5. The van der Waals surface area contributed by atoms with Crippen molar-refractivity contribution in [3.05, 3.63) is 53.3 Å². The summed E-state index contributed by atoms with van der Waals surface area (Å²) in [6.07, 6.45) is -5.79. The van der Waals surface area contributed by atoms with Crippen LogP contribution in [0.2, 0.25) is 0 Å². The lowest BCUT2D eigenvalue weighted by Crippen LogP contribution is -2.51. The van der Waals surface area contributed by atoms with Crippen LogP contribution in [0.5, 0.6) is 5.75 Å². The molecule has 6 nitrogen and oxygen atoms in total. The molecule has 2 N–H and O–H groups in total. The molecule has 162 valence electrons. The lowest BCUT2D eigenvalue weighted by molar-refractivity contribution is -0.141. The summed E-state index contributed by atoms with van der Waals surface area (Å²) in [6, 6.07) is 6.47. The first-order chi connectivity index (χ1) is 14.2. The van der Waals surface area contributed by atoms with E-state index in [1.165, 1.54) is 44.4 Å². The molecule has 0 radical (unpaired) electrons. The normalized spacial score (nSPS) is 18.4. The van der Waals surface area contributed by atoms with E-state index in [9.17, 15) is 22.4 Å². The Morgan fingerprint density at radius 1 is 1.23 bits per heavy atom. The number of hydrogen-bond acceptors (Lipinski definition) is 5. The Balaban J connectivity index is 2.23. The number of esters is 1. The van der Waals surface area contributed by atoms with Gasteiger partial charge in [0.25, 0.3) is 0 Å². The molecule has 2 atom stereocenters. The van der Waals surface area contributed by atoms with Crippen LogP contribution in [0.1, 0.15) is 23.6 Å². The van der Waals surface area contributed by atoms with Crippen LogP contribution >= 0.6 is 0 Å². The molecule has 0 aliphatic carbocycles. The molecule has 0 saturated carbocycles. The number of alkyl halides is 3. The van der Waals surface area contributed by atoms with Crippen molar-refractivity contribution in [3.8, 4) is 5.75 Å². The third-order valence-electron chi connectivity index (χ3n) is 4.89. The number of para-hydroxylation sites is 1. The van der Waals surface area contributed by atoms with Gasteiger partial charge in [-0.15, -0.1) is 0 Å². The van der Waals surface area contributed by atoms with Gasteiger partial charge in [-0.25, -0.2) is 4.39 Å². The van der Waals surface area contributed by atoms with E-state index < -0.39 is 35.9 Å². The summed E-state index contributed by atoms with van der Waals surface area (Å²) < 4.78 is 68.8. The quantitative estimate of drug-likeness (QED) is 0.445. The fraction of sp³-hybridized carbons (Fsp3) is 0.350.